The van der Waals surface area contributed by atoms with Gasteiger partial charge in [0.1, 0.15) is 17.1 Å². The van der Waals surface area contributed by atoms with Gasteiger partial charge in [0, 0.05) is 11.5 Å². The van der Waals surface area contributed by atoms with E-state index in [1.54, 1.807) is 24.5 Å². The average Bonchev–Trinajstić information content (AvgIpc) is 3.21. The monoisotopic (exact) mass is 409 g/mol. The highest BCUT2D eigenvalue weighted by Crippen LogP contribution is 2.67. The van der Waals surface area contributed by atoms with E-state index in [9.17, 15) is 13.9 Å². The summed E-state index contributed by atoms with van der Waals surface area (Å²) in [4.78, 5) is 4.19. The van der Waals surface area contributed by atoms with Crippen molar-refractivity contribution < 1.29 is 23.4 Å². The van der Waals surface area contributed by atoms with Gasteiger partial charge in [0.15, 0.2) is 5.60 Å². The lowest BCUT2D eigenvalue weighted by Gasteiger charge is -2.40. The molecule has 2 aromatic carbocycles. The Morgan fingerprint density at radius 1 is 1.10 bits per heavy atom. The minimum absolute atomic E-state index is 0.0669. The fraction of sp³-hybridized carbons (Fsp3) is 0.292. The first-order valence-corrected chi connectivity index (χ1v) is 9.88. The van der Waals surface area contributed by atoms with Crippen LogP contribution in [0.2, 0.25) is 0 Å². The van der Waals surface area contributed by atoms with Gasteiger partial charge in [0.25, 0.3) is 6.43 Å². The van der Waals surface area contributed by atoms with Crippen molar-refractivity contribution in [2.24, 2.45) is 0 Å². The Hall–Kier alpha value is -2.99. The van der Waals surface area contributed by atoms with Crippen LogP contribution in [0.5, 0.6) is 11.5 Å². The van der Waals surface area contributed by atoms with Crippen molar-refractivity contribution in [2.75, 3.05) is 7.11 Å². The van der Waals surface area contributed by atoms with Gasteiger partial charge in [-0.1, -0.05) is 54.6 Å². The van der Waals surface area contributed by atoms with Crippen LogP contribution in [0.1, 0.15) is 47.4 Å². The Labute approximate surface area is 173 Å². The average molecular weight is 409 g/mol. The molecule has 0 radical (unpaired) electrons. The number of aromatic nitrogens is 1. The number of methoxy groups -OCH3 is 1. The number of halogens is 2. The van der Waals surface area contributed by atoms with Gasteiger partial charge in [-0.2, -0.15) is 0 Å². The van der Waals surface area contributed by atoms with Gasteiger partial charge < -0.3 is 14.6 Å². The summed E-state index contributed by atoms with van der Waals surface area (Å²) in [6.07, 6.45) is 1.69. The van der Waals surface area contributed by atoms with Gasteiger partial charge in [0.2, 0.25) is 0 Å². The SMILES string of the molecule is COc1cncc2c1C1(O)CC[C@@H](c3ccccc3)C1(c1ccc(C(F)F)cc1)O2. The Kier molecular flexibility index (Phi) is 4.29. The quantitative estimate of drug-likeness (QED) is 0.653. The van der Waals surface area contributed by atoms with Gasteiger partial charge in [0.05, 0.1) is 25.1 Å². The number of alkyl halides is 2. The van der Waals surface area contributed by atoms with E-state index in [1.165, 1.54) is 19.2 Å². The number of pyridine rings is 1. The van der Waals surface area contributed by atoms with Gasteiger partial charge in [-0.05, 0) is 24.0 Å². The normalized spacial score (nSPS) is 26.9. The van der Waals surface area contributed by atoms with Gasteiger partial charge >= 0.3 is 0 Å². The fourth-order valence-corrected chi connectivity index (χ4v) is 5.19. The molecule has 3 atom stereocenters. The van der Waals surface area contributed by atoms with Crippen molar-refractivity contribution in [3.8, 4) is 11.5 Å². The Balaban J connectivity index is 1.75. The van der Waals surface area contributed by atoms with E-state index in [2.05, 4.69) is 4.98 Å². The molecule has 1 fully saturated rings. The lowest BCUT2D eigenvalue weighted by atomic mass is 9.71. The van der Waals surface area contributed by atoms with Crippen LogP contribution in [0.15, 0.2) is 67.0 Å². The summed E-state index contributed by atoms with van der Waals surface area (Å²) < 4.78 is 38.4. The summed E-state index contributed by atoms with van der Waals surface area (Å²) in [5.74, 6) is 0.725. The molecule has 30 heavy (non-hydrogen) atoms. The third-order valence-corrected chi connectivity index (χ3v) is 6.47. The van der Waals surface area contributed by atoms with Crippen molar-refractivity contribution in [1.29, 1.82) is 0 Å². The van der Waals surface area contributed by atoms with E-state index in [1.807, 2.05) is 30.3 Å². The van der Waals surface area contributed by atoms with Crippen LogP contribution in [-0.4, -0.2) is 17.2 Å². The largest absolute Gasteiger partial charge is 0.495 e. The predicted octanol–water partition coefficient (Wildman–Crippen LogP) is 5.08. The van der Waals surface area contributed by atoms with E-state index in [0.29, 0.717) is 35.5 Å². The molecule has 2 heterocycles. The highest BCUT2D eigenvalue weighted by molar-refractivity contribution is 5.57. The zero-order valence-electron chi connectivity index (χ0n) is 16.4. The number of hydrogen-bond acceptors (Lipinski definition) is 4. The molecular weight excluding hydrogens is 388 g/mol. The maximum absolute atomic E-state index is 13.2. The number of nitrogens with zero attached hydrogens (tertiary/aromatic N) is 1. The van der Waals surface area contributed by atoms with Crippen molar-refractivity contribution in [3.05, 3.63) is 89.2 Å². The maximum atomic E-state index is 13.2. The van der Waals surface area contributed by atoms with E-state index in [-0.39, 0.29) is 11.5 Å². The molecular formula is C24H21F2NO3. The minimum Gasteiger partial charge on any atom is -0.495 e. The topological polar surface area (TPSA) is 51.6 Å². The summed E-state index contributed by atoms with van der Waals surface area (Å²) in [6, 6.07) is 15.9. The second-order valence-electron chi connectivity index (χ2n) is 7.84. The molecule has 1 N–H and O–H groups in total. The van der Waals surface area contributed by atoms with E-state index in [4.69, 9.17) is 9.47 Å². The third kappa shape index (κ3) is 2.43. The predicted molar refractivity (Wildman–Crippen MR) is 107 cm³/mol. The summed E-state index contributed by atoms with van der Waals surface area (Å²) in [5.41, 5.74) is -0.388. The Morgan fingerprint density at radius 2 is 1.83 bits per heavy atom. The molecule has 0 bridgehead atoms. The molecule has 0 saturated heterocycles. The second-order valence-corrected chi connectivity index (χ2v) is 7.84. The first kappa shape index (κ1) is 19.0. The molecule has 1 aliphatic heterocycles. The number of ether oxygens (including phenoxy) is 2. The van der Waals surface area contributed by atoms with Crippen LogP contribution in [0.3, 0.4) is 0 Å². The molecule has 1 aromatic heterocycles. The third-order valence-electron chi connectivity index (χ3n) is 6.47. The maximum Gasteiger partial charge on any atom is 0.263 e. The molecule has 6 heteroatoms. The molecule has 4 nitrogen and oxygen atoms in total. The number of benzene rings is 2. The first-order valence-electron chi connectivity index (χ1n) is 9.88. The van der Waals surface area contributed by atoms with Gasteiger partial charge in [-0.25, -0.2) is 8.78 Å². The lowest BCUT2D eigenvalue weighted by Crippen LogP contribution is -2.48. The van der Waals surface area contributed by atoms with Crippen molar-refractivity contribution in [1.82, 2.24) is 4.98 Å². The summed E-state index contributed by atoms with van der Waals surface area (Å²) in [7, 11) is 1.53. The molecule has 0 spiro atoms. The molecule has 3 aromatic rings. The Morgan fingerprint density at radius 3 is 2.50 bits per heavy atom. The van der Waals surface area contributed by atoms with E-state index >= 15 is 0 Å². The molecule has 154 valence electrons. The molecule has 0 amide bonds. The second kappa shape index (κ2) is 6.77. The van der Waals surface area contributed by atoms with E-state index in [0.717, 1.165) is 5.56 Å². The molecule has 1 aliphatic carbocycles. The molecule has 5 rings (SSSR count). The molecule has 1 saturated carbocycles. The van der Waals surface area contributed by atoms with Crippen LogP contribution in [-0.2, 0) is 11.2 Å². The van der Waals surface area contributed by atoms with Crippen LogP contribution in [0, 0.1) is 0 Å². The fourth-order valence-electron chi connectivity index (χ4n) is 5.19. The van der Waals surface area contributed by atoms with Crippen LogP contribution >= 0.6 is 0 Å². The highest BCUT2D eigenvalue weighted by Gasteiger charge is 2.69. The van der Waals surface area contributed by atoms with Gasteiger partial charge in [-0.15, -0.1) is 0 Å². The summed E-state index contributed by atoms with van der Waals surface area (Å²) >= 11 is 0. The number of aliphatic hydroxyl groups is 1. The van der Waals surface area contributed by atoms with Crippen LogP contribution in [0.25, 0.3) is 0 Å². The lowest BCUT2D eigenvalue weighted by molar-refractivity contribution is -0.106. The number of fused-ring (bicyclic) bond motifs is 3. The first-order chi connectivity index (χ1) is 14.5. The number of rotatable bonds is 4. The summed E-state index contributed by atoms with van der Waals surface area (Å²) in [6.45, 7) is 0. The molecule has 2 unspecified atom stereocenters. The smallest absolute Gasteiger partial charge is 0.263 e. The minimum atomic E-state index is -2.56. The Bertz CT molecular complexity index is 1070. The van der Waals surface area contributed by atoms with Crippen molar-refractivity contribution in [3.63, 3.8) is 0 Å². The standard InChI is InChI=1S/C24H21F2NO3/c1-29-19-13-27-14-20-21(19)23(28)12-11-18(15-5-3-2-4-6-15)24(23,30-20)17-9-7-16(8-10-17)22(25)26/h2-10,13-14,18,22,28H,11-12H2,1H3/t18-,23?,24?/m0/s1. The highest BCUT2D eigenvalue weighted by atomic mass is 19.3. The van der Waals surface area contributed by atoms with Crippen molar-refractivity contribution in [2.45, 2.75) is 36.4 Å². The number of hydrogen-bond donors (Lipinski definition) is 1. The molecule has 2 aliphatic rings. The zero-order chi connectivity index (χ0) is 20.9. The zero-order valence-corrected chi connectivity index (χ0v) is 16.4. The van der Waals surface area contributed by atoms with Crippen LogP contribution < -0.4 is 9.47 Å². The van der Waals surface area contributed by atoms with Crippen LogP contribution in [0.4, 0.5) is 8.78 Å². The van der Waals surface area contributed by atoms with E-state index < -0.39 is 17.6 Å². The van der Waals surface area contributed by atoms with Gasteiger partial charge in [-0.3, -0.25) is 4.98 Å². The van der Waals surface area contributed by atoms with Crippen molar-refractivity contribution >= 4 is 0 Å². The summed E-state index contributed by atoms with van der Waals surface area (Å²) in [5, 5.41) is 12.1.